The SMILES string of the molecule is CC(C)Nc1ccc(C(=O)Nc2cccc(C#N)c2)nn1. The number of amides is 1. The topological polar surface area (TPSA) is 90.7 Å². The minimum absolute atomic E-state index is 0.215. The maximum absolute atomic E-state index is 12.0. The predicted molar refractivity (Wildman–Crippen MR) is 79.9 cm³/mol. The molecular formula is C15H15N5O. The van der Waals surface area contributed by atoms with E-state index in [1.807, 2.05) is 19.9 Å². The van der Waals surface area contributed by atoms with Gasteiger partial charge in [-0.1, -0.05) is 6.07 Å². The summed E-state index contributed by atoms with van der Waals surface area (Å²) >= 11 is 0. The van der Waals surface area contributed by atoms with Crippen molar-refractivity contribution < 1.29 is 4.79 Å². The van der Waals surface area contributed by atoms with Crippen LogP contribution in [0, 0.1) is 11.3 Å². The van der Waals surface area contributed by atoms with Crippen molar-refractivity contribution in [2.45, 2.75) is 19.9 Å². The number of nitrogens with one attached hydrogen (secondary N) is 2. The molecule has 0 aliphatic heterocycles. The summed E-state index contributed by atoms with van der Waals surface area (Å²) in [5.41, 5.74) is 1.24. The molecule has 1 heterocycles. The van der Waals surface area contributed by atoms with Crippen molar-refractivity contribution in [1.82, 2.24) is 10.2 Å². The van der Waals surface area contributed by atoms with Crippen LogP contribution in [0.4, 0.5) is 11.5 Å². The second-order valence-corrected chi connectivity index (χ2v) is 4.75. The molecule has 2 rings (SSSR count). The molecule has 0 unspecified atom stereocenters. The minimum Gasteiger partial charge on any atom is -0.366 e. The Bertz CT molecular complexity index is 673. The molecule has 0 radical (unpaired) electrons. The fourth-order valence-corrected chi connectivity index (χ4v) is 1.69. The molecule has 0 spiro atoms. The van der Waals surface area contributed by atoms with E-state index < -0.39 is 0 Å². The fourth-order valence-electron chi connectivity index (χ4n) is 1.69. The zero-order chi connectivity index (χ0) is 15.2. The molecule has 0 aliphatic rings. The number of hydrogen-bond acceptors (Lipinski definition) is 5. The highest BCUT2D eigenvalue weighted by Gasteiger charge is 2.09. The third-order valence-corrected chi connectivity index (χ3v) is 2.58. The Morgan fingerprint density at radius 2 is 2.05 bits per heavy atom. The van der Waals surface area contributed by atoms with Crippen LogP contribution >= 0.6 is 0 Å². The van der Waals surface area contributed by atoms with Crippen LogP contribution < -0.4 is 10.6 Å². The molecule has 0 bridgehead atoms. The first-order valence-electron chi connectivity index (χ1n) is 6.50. The number of carbonyl (C=O) groups is 1. The van der Waals surface area contributed by atoms with Crippen molar-refractivity contribution in [3.05, 3.63) is 47.7 Å². The van der Waals surface area contributed by atoms with Gasteiger partial charge in [0.05, 0.1) is 11.6 Å². The second kappa shape index (κ2) is 6.48. The van der Waals surface area contributed by atoms with Crippen molar-refractivity contribution in [2.75, 3.05) is 10.6 Å². The van der Waals surface area contributed by atoms with Gasteiger partial charge in [-0.25, -0.2) is 0 Å². The normalized spacial score (nSPS) is 10.0. The molecule has 2 aromatic rings. The van der Waals surface area contributed by atoms with Crippen molar-refractivity contribution in [3.8, 4) is 6.07 Å². The van der Waals surface area contributed by atoms with Crippen LogP contribution in [0.25, 0.3) is 0 Å². The van der Waals surface area contributed by atoms with Crippen LogP contribution in [0.1, 0.15) is 29.9 Å². The molecule has 0 saturated carbocycles. The Hall–Kier alpha value is -2.94. The number of nitriles is 1. The van der Waals surface area contributed by atoms with Gasteiger partial charge in [-0.2, -0.15) is 5.26 Å². The molecule has 1 amide bonds. The van der Waals surface area contributed by atoms with E-state index in [1.54, 1.807) is 36.4 Å². The Labute approximate surface area is 122 Å². The van der Waals surface area contributed by atoms with Crippen LogP contribution in [0.5, 0.6) is 0 Å². The van der Waals surface area contributed by atoms with Gasteiger partial charge in [0.2, 0.25) is 0 Å². The Morgan fingerprint density at radius 3 is 2.67 bits per heavy atom. The predicted octanol–water partition coefficient (Wildman–Crippen LogP) is 2.42. The molecule has 0 fully saturated rings. The molecule has 6 nitrogen and oxygen atoms in total. The summed E-state index contributed by atoms with van der Waals surface area (Å²) < 4.78 is 0. The summed E-state index contributed by atoms with van der Waals surface area (Å²) in [6.45, 7) is 3.98. The van der Waals surface area contributed by atoms with Crippen molar-refractivity contribution >= 4 is 17.4 Å². The first-order chi connectivity index (χ1) is 10.1. The molecule has 1 aromatic heterocycles. The molecule has 2 N–H and O–H groups in total. The van der Waals surface area contributed by atoms with Gasteiger partial charge >= 0.3 is 0 Å². The molecule has 6 heteroatoms. The lowest BCUT2D eigenvalue weighted by Gasteiger charge is -2.08. The molecule has 0 atom stereocenters. The summed E-state index contributed by atoms with van der Waals surface area (Å²) in [5.74, 6) is 0.252. The average Bonchev–Trinajstić information content (AvgIpc) is 2.47. The Balaban J connectivity index is 2.08. The Kier molecular flexibility index (Phi) is 4.46. The zero-order valence-electron chi connectivity index (χ0n) is 11.8. The summed E-state index contributed by atoms with van der Waals surface area (Å²) in [7, 11) is 0. The monoisotopic (exact) mass is 281 g/mol. The number of rotatable bonds is 4. The van der Waals surface area contributed by atoms with Gasteiger partial charge in [-0.05, 0) is 44.2 Å². The van der Waals surface area contributed by atoms with E-state index in [2.05, 4.69) is 20.8 Å². The maximum Gasteiger partial charge on any atom is 0.276 e. The number of anilines is 2. The number of aromatic nitrogens is 2. The summed E-state index contributed by atoms with van der Waals surface area (Å²) in [6.07, 6.45) is 0. The minimum atomic E-state index is -0.367. The first-order valence-corrected chi connectivity index (χ1v) is 6.50. The van der Waals surface area contributed by atoms with E-state index in [9.17, 15) is 4.79 Å². The molecular weight excluding hydrogens is 266 g/mol. The van der Waals surface area contributed by atoms with Gasteiger partial charge in [0.25, 0.3) is 5.91 Å². The Morgan fingerprint density at radius 1 is 1.24 bits per heavy atom. The lowest BCUT2D eigenvalue weighted by atomic mass is 10.2. The van der Waals surface area contributed by atoms with E-state index in [1.165, 1.54) is 0 Å². The van der Waals surface area contributed by atoms with E-state index >= 15 is 0 Å². The molecule has 1 aromatic carbocycles. The molecule has 0 saturated heterocycles. The van der Waals surface area contributed by atoms with Crippen molar-refractivity contribution in [3.63, 3.8) is 0 Å². The van der Waals surface area contributed by atoms with Crippen LogP contribution in [-0.2, 0) is 0 Å². The zero-order valence-corrected chi connectivity index (χ0v) is 11.8. The highest BCUT2D eigenvalue weighted by atomic mass is 16.1. The van der Waals surface area contributed by atoms with Gasteiger partial charge < -0.3 is 10.6 Å². The largest absolute Gasteiger partial charge is 0.366 e. The summed E-state index contributed by atoms with van der Waals surface area (Å²) in [6, 6.07) is 12.2. The molecule has 0 aliphatic carbocycles. The number of nitrogens with zero attached hydrogens (tertiary/aromatic N) is 3. The standard InChI is InChI=1S/C15H15N5O/c1-10(2)17-14-7-6-13(19-20-14)15(21)18-12-5-3-4-11(8-12)9-16/h3-8,10H,1-2H3,(H,17,20)(H,18,21). The smallest absolute Gasteiger partial charge is 0.276 e. The third kappa shape index (κ3) is 4.01. The lowest BCUT2D eigenvalue weighted by molar-refractivity contribution is 0.102. The highest BCUT2D eigenvalue weighted by molar-refractivity contribution is 6.02. The van der Waals surface area contributed by atoms with Crippen LogP contribution in [0.2, 0.25) is 0 Å². The van der Waals surface area contributed by atoms with Crippen LogP contribution in [0.3, 0.4) is 0 Å². The van der Waals surface area contributed by atoms with Crippen molar-refractivity contribution in [1.29, 1.82) is 5.26 Å². The van der Waals surface area contributed by atoms with Crippen LogP contribution in [-0.4, -0.2) is 22.1 Å². The quantitative estimate of drug-likeness (QED) is 0.898. The molecule has 106 valence electrons. The van der Waals surface area contributed by atoms with Gasteiger partial charge in [-0.15, -0.1) is 10.2 Å². The first kappa shape index (κ1) is 14.5. The van der Waals surface area contributed by atoms with Gasteiger partial charge in [0.15, 0.2) is 5.69 Å². The van der Waals surface area contributed by atoms with Gasteiger partial charge in [0.1, 0.15) is 5.82 Å². The highest BCUT2D eigenvalue weighted by Crippen LogP contribution is 2.11. The van der Waals surface area contributed by atoms with E-state index in [4.69, 9.17) is 5.26 Å². The van der Waals surface area contributed by atoms with Gasteiger partial charge in [0, 0.05) is 11.7 Å². The summed E-state index contributed by atoms with van der Waals surface area (Å²) in [5, 5.41) is 22.4. The number of carbonyl (C=O) groups excluding carboxylic acids is 1. The van der Waals surface area contributed by atoms with E-state index in [0.29, 0.717) is 17.1 Å². The average molecular weight is 281 g/mol. The van der Waals surface area contributed by atoms with E-state index in [-0.39, 0.29) is 17.6 Å². The van der Waals surface area contributed by atoms with Crippen molar-refractivity contribution in [2.24, 2.45) is 0 Å². The van der Waals surface area contributed by atoms with Gasteiger partial charge in [-0.3, -0.25) is 4.79 Å². The molecule has 21 heavy (non-hydrogen) atoms. The number of hydrogen-bond donors (Lipinski definition) is 2. The third-order valence-electron chi connectivity index (χ3n) is 2.58. The lowest BCUT2D eigenvalue weighted by Crippen LogP contribution is -2.16. The summed E-state index contributed by atoms with van der Waals surface area (Å²) in [4.78, 5) is 12.0. The fraction of sp³-hybridized carbons (Fsp3) is 0.200. The van der Waals surface area contributed by atoms with Crippen LogP contribution in [0.15, 0.2) is 36.4 Å². The second-order valence-electron chi connectivity index (χ2n) is 4.75. The maximum atomic E-state index is 12.0. The van der Waals surface area contributed by atoms with E-state index in [0.717, 1.165) is 0 Å². The number of benzene rings is 1.